The van der Waals surface area contributed by atoms with E-state index in [-0.39, 0.29) is 5.91 Å². The molecule has 28 heavy (non-hydrogen) atoms. The largest absolute Gasteiger partial charge is 0.438 e. The Bertz CT molecular complexity index is 936. The highest BCUT2D eigenvalue weighted by Crippen LogP contribution is 2.28. The van der Waals surface area contributed by atoms with Crippen molar-refractivity contribution < 1.29 is 22.4 Å². The molecule has 146 valence electrons. The molecule has 4 rings (SSSR count). The maximum atomic E-state index is 12.3. The monoisotopic (exact) mass is 388 g/mol. The molecule has 7 heteroatoms. The van der Waals surface area contributed by atoms with Crippen LogP contribution in [0.3, 0.4) is 0 Å². The molecule has 0 spiro atoms. The fourth-order valence-electron chi connectivity index (χ4n) is 2.95. The van der Waals surface area contributed by atoms with Crippen LogP contribution in [0, 0.1) is 6.92 Å². The van der Waals surface area contributed by atoms with E-state index in [0.29, 0.717) is 18.0 Å². The van der Waals surface area contributed by atoms with E-state index in [2.05, 4.69) is 17.1 Å². The lowest BCUT2D eigenvalue weighted by atomic mass is 10.00. The summed E-state index contributed by atoms with van der Waals surface area (Å²) >= 11 is 0. The summed E-state index contributed by atoms with van der Waals surface area (Å²) in [5.41, 5.74) is 2.60. The number of oxazole rings is 1. The molecule has 3 aromatic rings. The zero-order valence-electron chi connectivity index (χ0n) is 15.2. The van der Waals surface area contributed by atoms with Gasteiger partial charge in [0.15, 0.2) is 6.39 Å². The van der Waals surface area contributed by atoms with Crippen LogP contribution >= 0.6 is 0 Å². The van der Waals surface area contributed by atoms with Gasteiger partial charge in [-0.3, -0.25) is 4.79 Å². The zero-order valence-corrected chi connectivity index (χ0v) is 15.2. The minimum Gasteiger partial charge on any atom is -0.438 e. The molecule has 0 atom stereocenters. The molecule has 2 aromatic carbocycles. The predicted molar refractivity (Wildman–Crippen MR) is 97.6 cm³/mol. The molecule has 1 aliphatic rings. The van der Waals surface area contributed by atoms with Crippen LogP contribution < -0.4 is 0 Å². The molecule has 1 aromatic heterocycles. The maximum Gasteiger partial charge on any atom is 0.416 e. The Labute approximate surface area is 160 Å². The molecule has 0 aliphatic carbocycles. The van der Waals surface area contributed by atoms with Gasteiger partial charge in [0.25, 0.3) is 5.91 Å². The number of rotatable bonds is 1. The number of carbonyl (C=O) groups is 1. The number of alkyl halides is 3. The summed E-state index contributed by atoms with van der Waals surface area (Å²) in [6.45, 7) is 3.17. The quantitative estimate of drug-likeness (QED) is 0.597. The molecule has 0 fully saturated rings. The first-order valence-electron chi connectivity index (χ1n) is 8.74. The van der Waals surface area contributed by atoms with Crippen LogP contribution in [0.4, 0.5) is 13.2 Å². The number of fused-ring (bicyclic) bond motifs is 1. The summed E-state index contributed by atoms with van der Waals surface area (Å²) in [6.07, 6.45) is -1.99. The van der Waals surface area contributed by atoms with Crippen LogP contribution in [0.25, 0.3) is 0 Å². The number of benzene rings is 2. The lowest BCUT2D eigenvalue weighted by Gasteiger charge is -2.28. The van der Waals surface area contributed by atoms with Crippen LogP contribution in [-0.4, -0.2) is 22.3 Å². The van der Waals surface area contributed by atoms with Gasteiger partial charge in [0.05, 0.1) is 11.3 Å². The molecule has 1 aliphatic heterocycles. The van der Waals surface area contributed by atoms with Crippen molar-refractivity contribution >= 4 is 5.91 Å². The molecule has 0 saturated carbocycles. The van der Waals surface area contributed by atoms with Gasteiger partial charge < -0.3 is 9.32 Å². The van der Waals surface area contributed by atoms with Crippen molar-refractivity contribution in [3.05, 3.63) is 89.1 Å². The average Bonchev–Trinajstić information content (AvgIpc) is 3.13. The van der Waals surface area contributed by atoms with E-state index in [0.717, 1.165) is 25.1 Å². The second-order valence-electron chi connectivity index (χ2n) is 6.38. The maximum absolute atomic E-state index is 12.3. The fourth-order valence-corrected chi connectivity index (χ4v) is 2.95. The number of hydrogen-bond acceptors (Lipinski definition) is 3. The van der Waals surface area contributed by atoms with E-state index in [4.69, 9.17) is 4.42 Å². The minimum absolute atomic E-state index is 0.0699. The zero-order chi connectivity index (χ0) is 20.1. The second-order valence-corrected chi connectivity index (χ2v) is 6.38. The topological polar surface area (TPSA) is 46.3 Å². The van der Waals surface area contributed by atoms with Crippen molar-refractivity contribution in [2.24, 2.45) is 0 Å². The number of amides is 1. The Kier molecular flexibility index (Phi) is 5.82. The highest BCUT2D eigenvalue weighted by molar-refractivity contribution is 5.92. The molecule has 2 heterocycles. The van der Waals surface area contributed by atoms with Crippen molar-refractivity contribution in [2.75, 3.05) is 6.54 Å². The van der Waals surface area contributed by atoms with E-state index in [1.807, 2.05) is 17.0 Å². The standard InChI is InChI=1S/C14H14N2O2.C7H5F3/c1-10-13(18-9-15-10)14(17)16-7-6-11-4-2-3-5-12(11)8-16;8-7(9,10)6-4-2-1-3-5-6/h2-5,9H,6-8H2,1H3;1-5H. The third-order valence-electron chi connectivity index (χ3n) is 4.46. The highest BCUT2D eigenvalue weighted by atomic mass is 19.4. The Morgan fingerprint density at radius 2 is 1.68 bits per heavy atom. The van der Waals surface area contributed by atoms with Gasteiger partial charge in [-0.15, -0.1) is 0 Å². The Hall–Kier alpha value is -3.09. The summed E-state index contributed by atoms with van der Waals surface area (Å²) in [7, 11) is 0. The molecule has 0 saturated heterocycles. The number of aryl methyl sites for hydroxylation is 1. The van der Waals surface area contributed by atoms with E-state index in [1.165, 1.54) is 29.7 Å². The fraction of sp³-hybridized carbons (Fsp3) is 0.238. The van der Waals surface area contributed by atoms with E-state index >= 15 is 0 Å². The number of nitrogens with zero attached hydrogens (tertiary/aromatic N) is 2. The van der Waals surface area contributed by atoms with Crippen molar-refractivity contribution in [2.45, 2.75) is 26.1 Å². The lowest BCUT2D eigenvalue weighted by Crippen LogP contribution is -2.36. The van der Waals surface area contributed by atoms with Crippen LogP contribution in [0.2, 0.25) is 0 Å². The predicted octanol–water partition coefficient (Wildman–Crippen LogP) is 4.89. The van der Waals surface area contributed by atoms with Gasteiger partial charge >= 0.3 is 6.18 Å². The van der Waals surface area contributed by atoms with E-state index < -0.39 is 11.7 Å². The van der Waals surface area contributed by atoms with Gasteiger partial charge in [0.2, 0.25) is 5.76 Å². The minimum atomic E-state index is -4.21. The second kappa shape index (κ2) is 8.29. The molecular formula is C21H19F3N2O2. The summed E-state index contributed by atoms with van der Waals surface area (Å²) in [6, 6.07) is 14.6. The summed E-state index contributed by atoms with van der Waals surface area (Å²) in [4.78, 5) is 18.1. The number of carbonyl (C=O) groups excluding carboxylic acids is 1. The van der Waals surface area contributed by atoms with Gasteiger partial charge in [-0.25, -0.2) is 4.98 Å². The first kappa shape index (κ1) is 19.7. The SMILES string of the molecule is Cc1ncoc1C(=O)N1CCc2ccccc2C1.FC(F)(F)c1ccccc1. The van der Waals surface area contributed by atoms with Gasteiger partial charge in [-0.05, 0) is 24.5 Å². The van der Waals surface area contributed by atoms with Gasteiger partial charge in [0, 0.05) is 13.1 Å². The summed E-state index contributed by atoms with van der Waals surface area (Å²) < 4.78 is 40.5. The third-order valence-corrected chi connectivity index (χ3v) is 4.46. The molecule has 1 amide bonds. The molecule has 0 unspecified atom stereocenters. The first-order chi connectivity index (χ1) is 13.4. The highest BCUT2D eigenvalue weighted by Gasteiger charge is 2.29. The Balaban J connectivity index is 0.000000192. The number of aromatic nitrogens is 1. The summed E-state index contributed by atoms with van der Waals surface area (Å²) in [5.74, 6) is 0.286. The molecule has 0 radical (unpaired) electrons. The van der Waals surface area contributed by atoms with Gasteiger partial charge in [-0.1, -0.05) is 54.6 Å². The van der Waals surface area contributed by atoms with Crippen molar-refractivity contribution in [3.63, 3.8) is 0 Å². The Morgan fingerprint density at radius 3 is 2.25 bits per heavy atom. The van der Waals surface area contributed by atoms with E-state index in [9.17, 15) is 18.0 Å². The van der Waals surface area contributed by atoms with Crippen LogP contribution in [0.5, 0.6) is 0 Å². The van der Waals surface area contributed by atoms with Crippen molar-refractivity contribution in [1.82, 2.24) is 9.88 Å². The average molecular weight is 388 g/mol. The number of halogens is 3. The van der Waals surface area contributed by atoms with Gasteiger partial charge in [-0.2, -0.15) is 13.2 Å². The molecular weight excluding hydrogens is 369 g/mol. The van der Waals surface area contributed by atoms with Gasteiger partial charge in [0.1, 0.15) is 0 Å². The first-order valence-corrected chi connectivity index (χ1v) is 8.74. The molecule has 4 nitrogen and oxygen atoms in total. The van der Waals surface area contributed by atoms with Crippen molar-refractivity contribution in [3.8, 4) is 0 Å². The summed E-state index contributed by atoms with van der Waals surface area (Å²) in [5, 5.41) is 0. The third kappa shape index (κ3) is 4.60. The van der Waals surface area contributed by atoms with Crippen LogP contribution in [-0.2, 0) is 19.1 Å². The molecule has 0 N–H and O–H groups in total. The lowest BCUT2D eigenvalue weighted by molar-refractivity contribution is -0.137. The van der Waals surface area contributed by atoms with Crippen LogP contribution in [0.15, 0.2) is 65.4 Å². The smallest absolute Gasteiger partial charge is 0.416 e. The van der Waals surface area contributed by atoms with E-state index in [1.54, 1.807) is 13.0 Å². The number of hydrogen-bond donors (Lipinski definition) is 0. The van der Waals surface area contributed by atoms with Crippen LogP contribution in [0.1, 0.15) is 32.9 Å². The Morgan fingerprint density at radius 1 is 1.04 bits per heavy atom. The normalized spacial score (nSPS) is 13.4. The van der Waals surface area contributed by atoms with Crippen molar-refractivity contribution in [1.29, 1.82) is 0 Å². The molecule has 0 bridgehead atoms.